The number of carbonyl (C=O) groups is 2. The van der Waals surface area contributed by atoms with Gasteiger partial charge in [-0.05, 0) is 30.5 Å². The van der Waals surface area contributed by atoms with Gasteiger partial charge in [0.05, 0.1) is 12.1 Å². The quantitative estimate of drug-likeness (QED) is 0.810. The van der Waals surface area contributed by atoms with E-state index in [-0.39, 0.29) is 12.3 Å². The van der Waals surface area contributed by atoms with E-state index in [4.69, 9.17) is 21.4 Å². The molecule has 0 radical (unpaired) electrons. The predicted octanol–water partition coefficient (Wildman–Crippen LogP) is 2.26. The first kappa shape index (κ1) is 16.3. The number of methoxy groups -OCH3 is 1. The second-order valence-corrected chi connectivity index (χ2v) is 4.74. The number of amides is 1. The molecule has 0 unspecified atom stereocenters. The molecule has 1 aromatic rings. The monoisotopic (exact) mass is 299 g/mol. The Morgan fingerprint density at radius 1 is 1.45 bits per heavy atom. The van der Waals surface area contributed by atoms with Gasteiger partial charge in [-0.15, -0.1) is 0 Å². The summed E-state index contributed by atoms with van der Waals surface area (Å²) < 4.78 is 5.04. The number of carbonyl (C=O) groups excluding carboxylic acids is 1. The molecule has 0 aliphatic rings. The number of nitrogens with one attached hydrogen (secondary N) is 1. The van der Waals surface area contributed by atoms with E-state index in [1.165, 1.54) is 7.11 Å². The predicted molar refractivity (Wildman–Crippen MR) is 76.2 cm³/mol. The number of hydrogen-bond acceptors (Lipinski definition) is 3. The Morgan fingerprint density at radius 3 is 2.65 bits per heavy atom. The number of rotatable bonds is 7. The fourth-order valence-electron chi connectivity index (χ4n) is 1.73. The van der Waals surface area contributed by atoms with Crippen molar-refractivity contribution < 1.29 is 19.4 Å². The Balaban J connectivity index is 2.52. The molecule has 2 N–H and O–H groups in total. The van der Waals surface area contributed by atoms with E-state index >= 15 is 0 Å². The van der Waals surface area contributed by atoms with Crippen molar-refractivity contribution >= 4 is 23.5 Å². The highest BCUT2D eigenvalue weighted by Gasteiger charge is 2.17. The summed E-state index contributed by atoms with van der Waals surface area (Å²) in [6.45, 7) is 1.71. The molecule has 110 valence electrons. The molecule has 0 fully saturated rings. The van der Waals surface area contributed by atoms with E-state index in [2.05, 4.69) is 5.32 Å². The smallest absolute Gasteiger partial charge is 0.326 e. The van der Waals surface area contributed by atoms with Crippen LogP contribution in [0.4, 0.5) is 0 Å². The van der Waals surface area contributed by atoms with Crippen LogP contribution in [0.15, 0.2) is 18.2 Å². The zero-order valence-electron chi connectivity index (χ0n) is 11.5. The number of carboxylic acids is 1. The van der Waals surface area contributed by atoms with Crippen molar-refractivity contribution in [1.82, 2.24) is 5.32 Å². The molecule has 0 aromatic heterocycles. The summed E-state index contributed by atoms with van der Waals surface area (Å²) in [7, 11) is 1.53. The number of halogens is 1. The lowest BCUT2D eigenvalue weighted by Crippen LogP contribution is -2.40. The van der Waals surface area contributed by atoms with Gasteiger partial charge in [-0.2, -0.15) is 0 Å². The molecule has 0 saturated carbocycles. The number of aryl methyl sites for hydroxylation is 1. The molecule has 0 bridgehead atoms. The fourth-order valence-corrected chi connectivity index (χ4v) is 2.01. The van der Waals surface area contributed by atoms with Gasteiger partial charge < -0.3 is 15.2 Å². The van der Waals surface area contributed by atoms with Crippen LogP contribution in [0.1, 0.15) is 25.3 Å². The van der Waals surface area contributed by atoms with Gasteiger partial charge in [0.25, 0.3) is 0 Å². The summed E-state index contributed by atoms with van der Waals surface area (Å²) in [5.41, 5.74) is 0.898. The molecule has 6 heteroatoms. The third-order valence-electron chi connectivity index (χ3n) is 2.90. The number of ether oxygens (including phenoxy) is 1. The van der Waals surface area contributed by atoms with Crippen LogP contribution in [0.3, 0.4) is 0 Å². The van der Waals surface area contributed by atoms with Crippen molar-refractivity contribution in [2.24, 2.45) is 0 Å². The van der Waals surface area contributed by atoms with Crippen molar-refractivity contribution in [3.8, 4) is 5.75 Å². The van der Waals surface area contributed by atoms with Crippen molar-refractivity contribution in [2.75, 3.05) is 7.11 Å². The summed E-state index contributed by atoms with van der Waals surface area (Å²) in [5.74, 6) is -0.726. The van der Waals surface area contributed by atoms with Crippen molar-refractivity contribution in [2.45, 2.75) is 32.2 Å². The molecule has 0 heterocycles. The molecule has 0 spiro atoms. The highest BCUT2D eigenvalue weighted by atomic mass is 35.5. The topological polar surface area (TPSA) is 75.6 Å². The summed E-state index contributed by atoms with van der Waals surface area (Å²) >= 11 is 5.99. The van der Waals surface area contributed by atoms with Gasteiger partial charge in [0.1, 0.15) is 11.8 Å². The summed E-state index contributed by atoms with van der Waals surface area (Å²) in [6, 6.07) is 4.47. The number of carboxylic acid groups (broad SMARTS) is 1. The molecular weight excluding hydrogens is 282 g/mol. The first-order valence-corrected chi connectivity index (χ1v) is 6.70. The highest BCUT2D eigenvalue weighted by molar-refractivity contribution is 6.32. The normalized spacial score (nSPS) is 11.8. The maximum atomic E-state index is 11.7. The standard InChI is InChI=1S/C14H18ClNO4/c1-3-11(14(18)19)16-13(17)7-5-9-4-6-12(20-2)10(15)8-9/h4,6,8,11H,3,5,7H2,1-2H3,(H,16,17)(H,18,19)/t11-/m0/s1. The number of aliphatic carboxylic acids is 1. The molecule has 0 aliphatic heterocycles. The Morgan fingerprint density at radius 2 is 2.15 bits per heavy atom. The van der Waals surface area contributed by atoms with Crippen LogP contribution in [0.25, 0.3) is 0 Å². The van der Waals surface area contributed by atoms with E-state index in [9.17, 15) is 9.59 Å². The van der Waals surface area contributed by atoms with Gasteiger partial charge in [-0.25, -0.2) is 4.79 Å². The molecule has 0 saturated heterocycles. The van der Waals surface area contributed by atoms with E-state index < -0.39 is 12.0 Å². The van der Waals surface area contributed by atoms with E-state index in [0.717, 1.165) is 5.56 Å². The largest absolute Gasteiger partial charge is 0.495 e. The Labute approximate surface area is 122 Å². The second kappa shape index (κ2) is 7.75. The zero-order valence-corrected chi connectivity index (χ0v) is 12.2. The van der Waals surface area contributed by atoms with Gasteiger partial charge in [-0.1, -0.05) is 24.6 Å². The highest BCUT2D eigenvalue weighted by Crippen LogP contribution is 2.25. The van der Waals surface area contributed by atoms with Crippen LogP contribution < -0.4 is 10.1 Å². The molecule has 5 nitrogen and oxygen atoms in total. The van der Waals surface area contributed by atoms with E-state index in [1.807, 2.05) is 6.07 Å². The molecule has 20 heavy (non-hydrogen) atoms. The third kappa shape index (κ3) is 4.74. The fraction of sp³-hybridized carbons (Fsp3) is 0.429. The van der Waals surface area contributed by atoms with Crippen LogP contribution in [-0.4, -0.2) is 30.1 Å². The lowest BCUT2D eigenvalue weighted by molar-refractivity contribution is -0.141. The average Bonchev–Trinajstić information content (AvgIpc) is 2.42. The average molecular weight is 300 g/mol. The van der Waals surface area contributed by atoms with Crippen LogP contribution >= 0.6 is 11.6 Å². The van der Waals surface area contributed by atoms with Crippen LogP contribution in [-0.2, 0) is 16.0 Å². The number of hydrogen-bond donors (Lipinski definition) is 2. The molecule has 1 atom stereocenters. The lowest BCUT2D eigenvalue weighted by atomic mass is 10.1. The number of benzene rings is 1. The first-order chi connectivity index (χ1) is 9.47. The summed E-state index contributed by atoms with van der Waals surface area (Å²) in [4.78, 5) is 22.5. The van der Waals surface area contributed by atoms with Crippen molar-refractivity contribution in [3.63, 3.8) is 0 Å². The molecule has 0 aliphatic carbocycles. The van der Waals surface area contributed by atoms with Crippen LogP contribution in [0.5, 0.6) is 5.75 Å². The Hall–Kier alpha value is -1.75. The SMILES string of the molecule is CC[C@H](NC(=O)CCc1ccc(OC)c(Cl)c1)C(=O)O. The second-order valence-electron chi connectivity index (χ2n) is 4.34. The maximum Gasteiger partial charge on any atom is 0.326 e. The van der Waals surface area contributed by atoms with Crippen molar-refractivity contribution in [3.05, 3.63) is 28.8 Å². The first-order valence-electron chi connectivity index (χ1n) is 6.32. The third-order valence-corrected chi connectivity index (χ3v) is 3.19. The van der Waals surface area contributed by atoms with Gasteiger partial charge in [0.15, 0.2) is 0 Å². The molecular formula is C14H18ClNO4. The zero-order chi connectivity index (χ0) is 15.1. The van der Waals surface area contributed by atoms with Gasteiger partial charge >= 0.3 is 5.97 Å². The summed E-state index contributed by atoms with van der Waals surface area (Å²) in [6.07, 6.45) is 1.06. The lowest BCUT2D eigenvalue weighted by Gasteiger charge is -2.12. The van der Waals surface area contributed by atoms with Gasteiger partial charge in [0, 0.05) is 6.42 Å². The minimum absolute atomic E-state index is 0.215. The molecule has 1 aromatic carbocycles. The van der Waals surface area contributed by atoms with Crippen LogP contribution in [0.2, 0.25) is 5.02 Å². The maximum absolute atomic E-state index is 11.7. The van der Waals surface area contributed by atoms with Crippen LogP contribution in [0, 0.1) is 0 Å². The van der Waals surface area contributed by atoms with Crippen molar-refractivity contribution in [1.29, 1.82) is 0 Å². The Bertz CT molecular complexity index is 490. The summed E-state index contributed by atoms with van der Waals surface area (Å²) in [5, 5.41) is 11.8. The van der Waals surface area contributed by atoms with Gasteiger partial charge in [0.2, 0.25) is 5.91 Å². The minimum atomic E-state index is -1.02. The minimum Gasteiger partial charge on any atom is -0.495 e. The molecule has 1 amide bonds. The molecule has 1 rings (SSSR count). The van der Waals surface area contributed by atoms with E-state index in [0.29, 0.717) is 23.6 Å². The Kier molecular flexibility index (Phi) is 6.31. The van der Waals surface area contributed by atoms with E-state index in [1.54, 1.807) is 19.1 Å². The van der Waals surface area contributed by atoms with Gasteiger partial charge in [-0.3, -0.25) is 4.79 Å².